The first-order valence-electron chi connectivity index (χ1n) is 11.5. The molecule has 2 aromatic heterocycles. The van der Waals surface area contributed by atoms with Gasteiger partial charge in [0.1, 0.15) is 22.8 Å². The predicted molar refractivity (Wildman–Crippen MR) is 136 cm³/mol. The molecule has 1 aromatic carbocycles. The Kier molecular flexibility index (Phi) is 7.48. The van der Waals surface area contributed by atoms with Crippen LogP contribution in [-0.2, 0) is 11.3 Å². The summed E-state index contributed by atoms with van der Waals surface area (Å²) >= 11 is 1.47. The molecule has 0 atom stereocenters. The Bertz CT molecular complexity index is 1270. The fraction of sp³-hybridized carbons (Fsp3) is 0.360. The van der Waals surface area contributed by atoms with E-state index in [1.54, 1.807) is 29.2 Å². The van der Waals surface area contributed by atoms with Crippen molar-refractivity contribution >= 4 is 40.7 Å². The van der Waals surface area contributed by atoms with Gasteiger partial charge < -0.3 is 20.1 Å². The van der Waals surface area contributed by atoms with E-state index in [9.17, 15) is 19.1 Å². The Balaban J connectivity index is 1.58. The second kappa shape index (κ2) is 10.6. The van der Waals surface area contributed by atoms with Crippen molar-refractivity contribution in [3.63, 3.8) is 0 Å². The molecule has 1 aliphatic rings. The van der Waals surface area contributed by atoms with Crippen LogP contribution in [0.1, 0.15) is 36.8 Å². The smallest absolute Gasteiger partial charge is 0.410 e. The van der Waals surface area contributed by atoms with Crippen LogP contribution in [0.25, 0.3) is 10.9 Å². The highest BCUT2D eigenvalue weighted by molar-refractivity contribution is 8.00. The van der Waals surface area contributed by atoms with Crippen molar-refractivity contribution in [2.75, 3.05) is 29.7 Å². The summed E-state index contributed by atoms with van der Waals surface area (Å²) in [4.78, 5) is 36.0. The number of anilines is 1. The first-order valence-corrected chi connectivity index (χ1v) is 12.5. The number of ether oxygens (including phenoxy) is 1. The first-order chi connectivity index (χ1) is 17.1. The van der Waals surface area contributed by atoms with Crippen molar-refractivity contribution < 1.29 is 23.8 Å². The van der Waals surface area contributed by atoms with Gasteiger partial charge in [-0.3, -0.25) is 14.1 Å². The number of halogens is 1. The Hall–Kier alpha value is -3.60. The van der Waals surface area contributed by atoms with Gasteiger partial charge >= 0.3 is 6.09 Å². The Labute approximate surface area is 212 Å². The topological polar surface area (TPSA) is 108 Å². The highest BCUT2D eigenvalue weighted by Gasteiger charge is 2.28. The molecule has 2 N–H and O–H groups in total. The van der Waals surface area contributed by atoms with E-state index in [0.717, 1.165) is 0 Å². The number of amides is 2. The molecule has 190 valence electrons. The second-order valence-corrected chi connectivity index (χ2v) is 10.4. The lowest BCUT2D eigenvalue weighted by Gasteiger charge is -2.26. The molecule has 0 aliphatic carbocycles. The van der Waals surface area contributed by atoms with Crippen LogP contribution in [0.5, 0.6) is 5.75 Å². The summed E-state index contributed by atoms with van der Waals surface area (Å²) in [5.41, 5.74) is 0.205. The number of aromatic hydroxyl groups is 1. The number of nitrogens with one attached hydrogen (secondary N) is 1. The predicted octanol–water partition coefficient (Wildman–Crippen LogP) is 4.11. The molecule has 3 aromatic rings. The maximum Gasteiger partial charge on any atom is 0.410 e. The molecule has 36 heavy (non-hydrogen) atoms. The van der Waals surface area contributed by atoms with Gasteiger partial charge in [-0.25, -0.2) is 14.2 Å². The lowest BCUT2D eigenvalue weighted by molar-refractivity contribution is 0.0270. The second-order valence-electron chi connectivity index (χ2n) is 9.24. The molecule has 0 saturated carbocycles. The SMILES string of the molecule is CC(C)(C)OC(=O)N1CCSN(c2nc(C(=O)NCc3ccc(F)cc3)c(O)c3ncccc23)CC1. The van der Waals surface area contributed by atoms with Gasteiger partial charge in [-0.15, -0.1) is 0 Å². The third-order valence-corrected chi connectivity index (χ3v) is 6.40. The molecule has 0 unspecified atom stereocenters. The highest BCUT2D eigenvalue weighted by Crippen LogP contribution is 2.35. The lowest BCUT2D eigenvalue weighted by atomic mass is 10.2. The largest absolute Gasteiger partial charge is 0.504 e. The highest BCUT2D eigenvalue weighted by atomic mass is 32.2. The number of hydrogen-bond acceptors (Lipinski definition) is 8. The van der Waals surface area contributed by atoms with Crippen LogP contribution in [0.15, 0.2) is 42.6 Å². The van der Waals surface area contributed by atoms with Gasteiger partial charge in [0.25, 0.3) is 5.91 Å². The van der Waals surface area contributed by atoms with Gasteiger partial charge in [0, 0.05) is 43.5 Å². The van der Waals surface area contributed by atoms with Crippen molar-refractivity contribution in [2.24, 2.45) is 0 Å². The van der Waals surface area contributed by atoms with Crippen LogP contribution in [-0.4, -0.2) is 63.0 Å². The maximum atomic E-state index is 13.2. The number of rotatable bonds is 4. The Morgan fingerprint density at radius 1 is 1.17 bits per heavy atom. The van der Waals surface area contributed by atoms with E-state index in [0.29, 0.717) is 42.2 Å². The minimum Gasteiger partial charge on any atom is -0.504 e. The quantitative estimate of drug-likeness (QED) is 0.502. The van der Waals surface area contributed by atoms with E-state index in [2.05, 4.69) is 15.3 Å². The van der Waals surface area contributed by atoms with E-state index in [1.165, 1.54) is 30.3 Å². The molecule has 9 nitrogen and oxygen atoms in total. The molecule has 3 heterocycles. The van der Waals surface area contributed by atoms with Crippen molar-refractivity contribution in [3.8, 4) is 5.75 Å². The molecule has 0 spiro atoms. The van der Waals surface area contributed by atoms with Gasteiger partial charge in [-0.2, -0.15) is 0 Å². The summed E-state index contributed by atoms with van der Waals surface area (Å²) in [6.07, 6.45) is 1.15. The minimum atomic E-state index is -0.590. The summed E-state index contributed by atoms with van der Waals surface area (Å²) in [7, 11) is 0. The molecule has 11 heteroatoms. The van der Waals surface area contributed by atoms with Gasteiger partial charge in [0.2, 0.25) is 0 Å². The number of carbonyl (C=O) groups excluding carboxylic acids is 2. The normalized spacial score (nSPS) is 14.4. The Morgan fingerprint density at radius 3 is 2.64 bits per heavy atom. The van der Waals surface area contributed by atoms with Gasteiger partial charge in [-0.1, -0.05) is 12.1 Å². The first kappa shape index (κ1) is 25.5. The molecular formula is C25H28FN5O4S. The summed E-state index contributed by atoms with van der Waals surface area (Å²) < 4.78 is 20.6. The van der Waals surface area contributed by atoms with Crippen molar-refractivity contribution in [2.45, 2.75) is 32.9 Å². The number of nitrogens with zero attached hydrogens (tertiary/aromatic N) is 4. The number of carbonyl (C=O) groups is 2. The summed E-state index contributed by atoms with van der Waals surface area (Å²) in [6.45, 7) is 6.94. The number of benzene rings is 1. The van der Waals surface area contributed by atoms with E-state index in [-0.39, 0.29) is 35.4 Å². The molecule has 0 radical (unpaired) electrons. The fourth-order valence-electron chi connectivity index (χ4n) is 3.65. The molecule has 1 aliphatic heterocycles. The maximum absolute atomic E-state index is 13.2. The summed E-state index contributed by atoms with van der Waals surface area (Å²) in [6, 6.07) is 9.28. The van der Waals surface area contributed by atoms with Gasteiger partial charge in [0.15, 0.2) is 11.4 Å². The molecule has 4 rings (SSSR count). The lowest BCUT2D eigenvalue weighted by Crippen LogP contribution is -2.39. The van der Waals surface area contributed by atoms with Crippen molar-refractivity contribution in [1.29, 1.82) is 0 Å². The zero-order valence-corrected chi connectivity index (χ0v) is 21.1. The summed E-state index contributed by atoms with van der Waals surface area (Å²) in [5.74, 6) is -0.203. The van der Waals surface area contributed by atoms with Gasteiger partial charge in [0.05, 0.1) is 0 Å². The number of fused-ring (bicyclic) bond motifs is 1. The third kappa shape index (κ3) is 5.96. The van der Waals surface area contributed by atoms with Crippen LogP contribution in [0.2, 0.25) is 0 Å². The minimum absolute atomic E-state index is 0.138. The number of hydrogen-bond donors (Lipinski definition) is 2. The van der Waals surface area contributed by atoms with Crippen LogP contribution in [0.3, 0.4) is 0 Å². The summed E-state index contributed by atoms with van der Waals surface area (Å²) in [5, 5.41) is 14.1. The van der Waals surface area contributed by atoms with Crippen LogP contribution >= 0.6 is 11.9 Å². The van der Waals surface area contributed by atoms with E-state index < -0.39 is 11.5 Å². The van der Waals surface area contributed by atoms with E-state index in [4.69, 9.17) is 4.74 Å². The third-order valence-electron chi connectivity index (χ3n) is 5.37. The molecule has 1 fully saturated rings. The fourth-order valence-corrected chi connectivity index (χ4v) is 4.64. The van der Waals surface area contributed by atoms with Crippen molar-refractivity contribution in [3.05, 3.63) is 59.7 Å². The standard InChI is InChI=1S/C25H28FN5O4S/c1-25(2,3)35-24(34)30-11-12-31(36-14-13-30)22-18-5-4-10-27-19(18)21(32)20(29-22)23(33)28-15-16-6-8-17(26)9-7-16/h4-10,32H,11-15H2,1-3H3,(H,28,33). The average Bonchev–Trinajstić information content (AvgIpc) is 3.09. The molecule has 1 saturated heterocycles. The van der Waals surface area contributed by atoms with Crippen LogP contribution in [0, 0.1) is 5.82 Å². The van der Waals surface area contributed by atoms with E-state index >= 15 is 0 Å². The monoisotopic (exact) mass is 513 g/mol. The zero-order valence-electron chi connectivity index (χ0n) is 20.3. The molecular weight excluding hydrogens is 485 g/mol. The number of pyridine rings is 2. The molecule has 2 amide bonds. The van der Waals surface area contributed by atoms with E-state index in [1.807, 2.05) is 25.1 Å². The van der Waals surface area contributed by atoms with Crippen molar-refractivity contribution in [1.82, 2.24) is 20.2 Å². The van der Waals surface area contributed by atoms with Crippen LogP contribution in [0.4, 0.5) is 15.0 Å². The van der Waals surface area contributed by atoms with Crippen LogP contribution < -0.4 is 9.62 Å². The Morgan fingerprint density at radius 2 is 1.92 bits per heavy atom. The molecule has 0 bridgehead atoms. The van der Waals surface area contributed by atoms with Gasteiger partial charge in [-0.05, 0) is 62.5 Å². The average molecular weight is 514 g/mol. The number of aromatic nitrogens is 2. The zero-order chi connectivity index (χ0) is 25.9.